The molecule has 2 rings (SSSR count). The maximum absolute atomic E-state index is 12.2. The highest BCUT2D eigenvalue weighted by molar-refractivity contribution is 8.00. The van der Waals surface area contributed by atoms with Gasteiger partial charge in [-0.3, -0.25) is 4.79 Å². The number of hydrogen-bond donors (Lipinski definition) is 0. The van der Waals surface area contributed by atoms with Crippen LogP contribution in [0.2, 0.25) is 5.15 Å². The molecule has 1 amide bonds. The molecule has 0 radical (unpaired) electrons. The van der Waals surface area contributed by atoms with Crippen molar-refractivity contribution in [2.24, 2.45) is 0 Å². The van der Waals surface area contributed by atoms with Crippen LogP contribution >= 0.6 is 23.4 Å². The Hall–Kier alpha value is -0.740. The second-order valence-corrected chi connectivity index (χ2v) is 6.61. The second-order valence-electron chi connectivity index (χ2n) is 4.34. The molecule has 1 aliphatic rings. The van der Waals surface area contributed by atoms with Gasteiger partial charge in [0, 0.05) is 29.8 Å². The molecule has 92 valence electrons. The van der Waals surface area contributed by atoms with Crippen LogP contribution in [0.15, 0.2) is 18.3 Å². The van der Waals surface area contributed by atoms with Crippen LogP contribution < -0.4 is 0 Å². The fourth-order valence-electron chi connectivity index (χ4n) is 2.03. The maximum Gasteiger partial charge on any atom is 0.255 e. The zero-order chi connectivity index (χ0) is 12.4. The first-order valence-corrected chi connectivity index (χ1v) is 6.94. The summed E-state index contributed by atoms with van der Waals surface area (Å²) in [4.78, 5) is 18.1. The van der Waals surface area contributed by atoms with Crippen LogP contribution in [0, 0.1) is 0 Å². The summed E-state index contributed by atoms with van der Waals surface area (Å²) in [6, 6.07) is 3.38. The van der Waals surface area contributed by atoms with Gasteiger partial charge in [0.05, 0.1) is 5.56 Å². The number of amides is 1. The van der Waals surface area contributed by atoms with E-state index in [0.29, 0.717) is 21.2 Å². The predicted octanol–water partition coefficient (Wildman–Crippen LogP) is 2.70. The van der Waals surface area contributed by atoms with E-state index in [2.05, 4.69) is 18.8 Å². The highest BCUT2D eigenvalue weighted by Crippen LogP contribution is 2.25. The van der Waals surface area contributed by atoms with Crippen molar-refractivity contribution in [3.8, 4) is 0 Å². The summed E-state index contributed by atoms with van der Waals surface area (Å²) >= 11 is 7.64. The van der Waals surface area contributed by atoms with Crippen LogP contribution in [-0.2, 0) is 0 Å². The standard InChI is InChI=1S/C12H15ClN2OS/c1-8-6-15(7-9(2)17-8)12(16)10-3-4-11(13)14-5-10/h3-5,8-9H,6-7H2,1-2H3. The van der Waals surface area contributed by atoms with Crippen LogP contribution in [0.25, 0.3) is 0 Å². The molecule has 0 aliphatic carbocycles. The molecule has 17 heavy (non-hydrogen) atoms. The summed E-state index contributed by atoms with van der Waals surface area (Å²) < 4.78 is 0. The molecule has 1 aromatic rings. The molecule has 1 saturated heterocycles. The Morgan fingerprint density at radius 1 is 1.41 bits per heavy atom. The topological polar surface area (TPSA) is 33.2 Å². The lowest BCUT2D eigenvalue weighted by Gasteiger charge is -2.34. The fraction of sp³-hybridized carbons (Fsp3) is 0.500. The Balaban J connectivity index is 2.11. The lowest BCUT2D eigenvalue weighted by molar-refractivity contribution is 0.0753. The van der Waals surface area contributed by atoms with E-state index in [0.717, 1.165) is 13.1 Å². The summed E-state index contributed by atoms with van der Waals surface area (Å²) in [5, 5.41) is 1.39. The van der Waals surface area contributed by atoms with Gasteiger partial charge in [-0.25, -0.2) is 4.98 Å². The second kappa shape index (κ2) is 5.27. The monoisotopic (exact) mass is 270 g/mol. The van der Waals surface area contributed by atoms with Crippen molar-refractivity contribution in [2.45, 2.75) is 24.3 Å². The Labute approximate surface area is 111 Å². The first-order chi connectivity index (χ1) is 8.06. The fourth-order valence-corrected chi connectivity index (χ4v) is 3.47. The molecule has 0 spiro atoms. The van der Waals surface area contributed by atoms with Gasteiger partial charge >= 0.3 is 0 Å². The number of nitrogens with zero attached hydrogens (tertiary/aromatic N) is 2. The van der Waals surface area contributed by atoms with Crippen molar-refractivity contribution < 1.29 is 4.79 Å². The van der Waals surface area contributed by atoms with Crippen LogP contribution in [-0.4, -0.2) is 39.4 Å². The van der Waals surface area contributed by atoms with E-state index >= 15 is 0 Å². The van der Waals surface area contributed by atoms with Crippen molar-refractivity contribution in [3.63, 3.8) is 0 Å². The first-order valence-electron chi connectivity index (χ1n) is 5.62. The van der Waals surface area contributed by atoms with Crippen molar-refractivity contribution in [2.75, 3.05) is 13.1 Å². The smallest absolute Gasteiger partial charge is 0.255 e. The Morgan fingerprint density at radius 2 is 2.06 bits per heavy atom. The zero-order valence-corrected chi connectivity index (χ0v) is 11.5. The number of carbonyl (C=O) groups excluding carboxylic acids is 1. The van der Waals surface area contributed by atoms with E-state index in [9.17, 15) is 4.79 Å². The zero-order valence-electron chi connectivity index (χ0n) is 9.89. The van der Waals surface area contributed by atoms with Gasteiger partial charge in [0.2, 0.25) is 0 Å². The van der Waals surface area contributed by atoms with Gasteiger partial charge in [-0.1, -0.05) is 25.4 Å². The molecule has 2 heterocycles. The molecular weight excluding hydrogens is 256 g/mol. The molecule has 1 fully saturated rings. The van der Waals surface area contributed by atoms with Gasteiger partial charge in [-0.05, 0) is 12.1 Å². The van der Waals surface area contributed by atoms with E-state index in [1.165, 1.54) is 0 Å². The van der Waals surface area contributed by atoms with Crippen LogP contribution in [0.5, 0.6) is 0 Å². The van der Waals surface area contributed by atoms with Crippen LogP contribution in [0.1, 0.15) is 24.2 Å². The molecule has 2 unspecified atom stereocenters. The van der Waals surface area contributed by atoms with Gasteiger partial charge in [-0.15, -0.1) is 0 Å². The first kappa shape index (κ1) is 12.7. The van der Waals surface area contributed by atoms with E-state index in [-0.39, 0.29) is 5.91 Å². The molecule has 5 heteroatoms. The number of hydrogen-bond acceptors (Lipinski definition) is 3. The van der Waals surface area contributed by atoms with Crippen molar-refractivity contribution in [1.82, 2.24) is 9.88 Å². The van der Waals surface area contributed by atoms with E-state index in [4.69, 9.17) is 11.6 Å². The Morgan fingerprint density at radius 3 is 2.59 bits per heavy atom. The highest BCUT2D eigenvalue weighted by Gasteiger charge is 2.26. The number of pyridine rings is 1. The minimum Gasteiger partial charge on any atom is -0.336 e. The summed E-state index contributed by atoms with van der Waals surface area (Å²) in [6.07, 6.45) is 1.54. The lowest BCUT2D eigenvalue weighted by Crippen LogP contribution is -2.44. The van der Waals surface area contributed by atoms with Crippen molar-refractivity contribution >= 4 is 29.3 Å². The highest BCUT2D eigenvalue weighted by atomic mass is 35.5. The van der Waals surface area contributed by atoms with Crippen LogP contribution in [0.4, 0.5) is 0 Å². The normalized spacial score (nSPS) is 24.8. The third-order valence-corrected chi connectivity index (χ3v) is 4.13. The summed E-state index contributed by atoms with van der Waals surface area (Å²) in [5.74, 6) is 0.0492. The summed E-state index contributed by atoms with van der Waals surface area (Å²) in [5.41, 5.74) is 0.612. The number of aromatic nitrogens is 1. The molecule has 0 bridgehead atoms. The SMILES string of the molecule is CC1CN(C(=O)c2ccc(Cl)nc2)CC(C)S1. The van der Waals surface area contributed by atoms with Gasteiger partial charge < -0.3 is 4.90 Å². The van der Waals surface area contributed by atoms with E-state index in [1.807, 2.05) is 16.7 Å². The number of thioether (sulfide) groups is 1. The quantitative estimate of drug-likeness (QED) is 0.736. The Kier molecular flexibility index (Phi) is 3.94. The molecule has 1 aliphatic heterocycles. The van der Waals surface area contributed by atoms with E-state index < -0.39 is 0 Å². The average molecular weight is 271 g/mol. The molecule has 1 aromatic heterocycles. The van der Waals surface area contributed by atoms with Crippen molar-refractivity contribution in [3.05, 3.63) is 29.0 Å². The number of halogens is 1. The molecule has 0 N–H and O–H groups in total. The molecule has 3 nitrogen and oxygen atoms in total. The van der Waals surface area contributed by atoms with Gasteiger partial charge in [0.1, 0.15) is 5.15 Å². The molecule has 0 saturated carbocycles. The lowest BCUT2D eigenvalue weighted by atomic mass is 10.2. The van der Waals surface area contributed by atoms with Gasteiger partial charge in [0.15, 0.2) is 0 Å². The molecule has 2 atom stereocenters. The summed E-state index contributed by atoms with van der Waals surface area (Å²) in [7, 11) is 0. The largest absolute Gasteiger partial charge is 0.336 e. The average Bonchev–Trinajstić information content (AvgIpc) is 2.28. The minimum atomic E-state index is 0.0492. The number of carbonyl (C=O) groups is 1. The van der Waals surface area contributed by atoms with Gasteiger partial charge in [0.25, 0.3) is 5.91 Å². The minimum absolute atomic E-state index is 0.0492. The predicted molar refractivity (Wildman–Crippen MR) is 71.7 cm³/mol. The third kappa shape index (κ3) is 3.13. The third-order valence-electron chi connectivity index (χ3n) is 2.68. The van der Waals surface area contributed by atoms with Gasteiger partial charge in [-0.2, -0.15) is 11.8 Å². The van der Waals surface area contributed by atoms with E-state index in [1.54, 1.807) is 18.3 Å². The molecular formula is C12H15ClN2OS. The maximum atomic E-state index is 12.2. The number of rotatable bonds is 1. The van der Waals surface area contributed by atoms with Crippen molar-refractivity contribution in [1.29, 1.82) is 0 Å². The summed E-state index contributed by atoms with van der Waals surface area (Å²) in [6.45, 7) is 5.91. The molecule has 0 aromatic carbocycles. The Bertz CT molecular complexity index is 399. The van der Waals surface area contributed by atoms with Crippen LogP contribution in [0.3, 0.4) is 0 Å².